The van der Waals surface area contributed by atoms with Gasteiger partial charge in [-0.2, -0.15) is 0 Å². The van der Waals surface area contributed by atoms with E-state index in [0.717, 1.165) is 24.6 Å². The predicted molar refractivity (Wildman–Crippen MR) is 95.3 cm³/mol. The standard InChI is InChI=1S/C19H24N4O/c24-18(20-13-10-15-6-2-1-3-7-15)16-8-4-9-17(14-16)23-19-21-11-5-12-22-19/h4-5,8-9,11-12,14-15H,1-3,6-7,10,13H2,(H,20,24)(H,21,22,23). The van der Waals surface area contributed by atoms with Crippen molar-refractivity contribution in [2.24, 2.45) is 5.92 Å². The molecule has 1 heterocycles. The molecule has 1 aromatic heterocycles. The lowest BCUT2D eigenvalue weighted by atomic mass is 9.87. The molecule has 1 aliphatic rings. The summed E-state index contributed by atoms with van der Waals surface area (Å²) in [5.74, 6) is 1.28. The highest BCUT2D eigenvalue weighted by molar-refractivity contribution is 5.95. The number of hydrogen-bond donors (Lipinski definition) is 2. The highest BCUT2D eigenvalue weighted by Gasteiger charge is 2.13. The maximum Gasteiger partial charge on any atom is 0.251 e. The van der Waals surface area contributed by atoms with E-state index in [0.29, 0.717) is 11.5 Å². The molecule has 1 fully saturated rings. The van der Waals surface area contributed by atoms with Crippen molar-refractivity contribution in [1.82, 2.24) is 15.3 Å². The number of carbonyl (C=O) groups excluding carboxylic acids is 1. The van der Waals surface area contributed by atoms with Crippen LogP contribution in [0.4, 0.5) is 11.6 Å². The summed E-state index contributed by atoms with van der Waals surface area (Å²) >= 11 is 0. The summed E-state index contributed by atoms with van der Waals surface area (Å²) in [6.07, 6.45) is 11.1. The number of amides is 1. The molecule has 1 saturated carbocycles. The van der Waals surface area contributed by atoms with Gasteiger partial charge in [0, 0.05) is 30.2 Å². The van der Waals surface area contributed by atoms with Crippen LogP contribution in [-0.4, -0.2) is 22.4 Å². The third kappa shape index (κ3) is 4.78. The number of nitrogens with zero attached hydrogens (tertiary/aromatic N) is 2. The van der Waals surface area contributed by atoms with E-state index in [2.05, 4.69) is 20.6 Å². The van der Waals surface area contributed by atoms with E-state index in [1.54, 1.807) is 18.5 Å². The molecule has 126 valence electrons. The molecular formula is C19H24N4O. The summed E-state index contributed by atoms with van der Waals surface area (Å²) in [5.41, 5.74) is 1.46. The Kier molecular flexibility index (Phi) is 5.77. The molecule has 0 atom stereocenters. The first-order chi connectivity index (χ1) is 11.8. The summed E-state index contributed by atoms with van der Waals surface area (Å²) in [6.45, 7) is 0.753. The van der Waals surface area contributed by atoms with Crippen molar-refractivity contribution < 1.29 is 4.79 Å². The summed E-state index contributed by atoms with van der Waals surface area (Å²) in [4.78, 5) is 20.6. The number of hydrogen-bond acceptors (Lipinski definition) is 4. The van der Waals surface area contributed by atoms with Crippen molar-refractivity contribution in [2.45, 2.75) is 38.5 Å². The number of benzene rings is 1. The fraction of sp³-hybridized carbons (Fsp3) is 0.421. The second-order valence-corrected chi connectivity index (χ2v) is 6.33. The monoisotopic (exact) mass is 324 g/mol. The average molecular weight is 324 g/mol. The molecule has 0 bridgehead atoms. The van der Waals surface area contributed by atoms with Gasteiger partial charge in [-0.05, 0) is 36.6 Å². The normalized spacial score (nSPS) is 15.0. The highest BCUT2D eigenvalue weighted by atomic mass is 16.1. The largest absolute Gasteiger partial charge is 0.352 e. The second-order valence-electron chi connectivity index (χ2n) is 6.33. The third-order valence-corrected chi connectivity index (χ3v) is 4.51. The quantitative estimate of drug-likeness (QED) is 0.845. The van der Waals surface area contributed by atoms with E-state index in [9.17, 15) is 4.79 Å². The van der Waals surface area contributed by atoms with Crippen LogP contribution in [0.25, 0.3) is 0 Å². The minimum atomic E-state index is -0.0246. The SMILES string of the molecule is O=C(NCCC1CCCCC1)c1cccc(Nc2ncccn2)c1. The van der Waals surface area contributed by atoms with Gasteiger partial charge in [0.25, 0.3) is 5.91 Å². The number of carbonyl (C=O) groups is 1. The van der Waals surface area contributed by atoms with Gasteiger partial charge in [0.2, 0.25) is 5.95 Å². The Labute approximate surface area is 142 Å². The molecule has 0 radical (unpaired) electrons. The number of anilines is 2. The summed E-state index contributed by atoms with van der Waals surface area (Å²) in [5, 5.41) is 6.14. The molecule has 24 heavy (non-hydrogen) atoms. The van der Waals surface area contributed by atoms with Crippen LogP contribution in [-0.2, 0) is 0 Å². The zero-order valence-corrected chi connectivity index (χ0v) is 13.9. The molecule has 0 saturated heterocycles. The number of nitrogens with one attached hydrogen (secondary N) is 2. The molecule has 2 N–H and O–H groups in total. The van der Waals surface area contributed by atoms with Crippen LogP contribution < -0.4 is 10.6 Å². The Morgan fingerprint density at radius 1 is 1.08 bits per heavy atom. The molecule has 0 aliphatic heterocycles. The maximum atomic E-state index is 12.3. The van der Waals surface area contributed by atoms with Crippen LogP contribution in [0.1, 0.15) is 48.9 Å². The molecule has 3 rings (SSSR count). The maximum absolute atomic E-state index is 12.3. The first-order valence-corrected chi connectivity index (χ1v) is 8.73. The summed E-state index contributed by atoms with van der Waals surface area (Å²) in [7, 11) is 0. The topological polar surface area (TPSA) is 66.9 Å². The lowest BCUT2D eigenvalue weighted by Crippen LogP contribution is -2.26. The molecule has 1 amide bonds. The van der Waals surface area contributed by atoms with Crippen molar-refractivity contribution >= 4 is 17.5 Å². The van der Waals surface area contributed by atoms with Crippen LogP contribution in [0.15, 0.2) is 42.7 Å². The van der Waals surface area contributed by atoms with E-state index < -0.39 is 0 Å². The predicted octanol–water partition coefficient (Wildman–Crippen LogP) is 3.92. The fourth-order valence-corrected chi connectivity index (χ4v) is 3.20. The van der Waals surface area contributed by atoms with Gasteiger partial charge in [-0.3, -0.25) is 4.79 Å². The van der Waals surface area contributed by atoms with Gasteiger partial charge in [-0.15, -0.1) is 0 Å². The molecule has 5 heteroatoms. The minimum absolute atomic E-state index is 0.0246. The third-order valence-electron chi connectivity index (χ3n) is 4.51. The summed E-state index contributed by atoms with van der Waals surface area (Å²) in [6, 6.07) is 9.18. The Morgan fingerprint density at radius 3 is 2.67 bits per heavy atom. The van der Waals surface area contributed by atoms with Crippen molar-refractivity contribution in [3.63, 3.8) is 0 Å². The van der Waals surface area contributed by atoms with E-state index in [-0.39, 0.29) is 5.91 Å². The molecule has 5 nitrogen and oxygen atoms in total. The van der Waals surface area contributed by atoms with E-state index in [1.165, 1.54) is 32.1 Å². The van der Waals surface area contributed by atoms with Gasteiger partial charge in [0.1, 0.15) is 0 Å². The zero-order chi connectivity index (χ0) is 16.6. The molecule has 1 aromatic carbocycles. The molecule has 2 aromatic rings. The van der Waals surface area contributed by atoms with Crippen molar-refractivity contribution in [3.8, 4) is 0 Å². The minimum Gasteiger partial charge on any atom is -0.352 e. The molecule has 1 aliphatic carbocycles. The van der Waals surface area contributed by atoms with Crippen molar-refractivity contribution in [3.05, 3.63) is 48.3 Å². The van der Waals surface area contributed by atoms with Crippen LogP contribution in [0.3, 0.4) is 0 Å². The van der Waals surface area contributed by atoms with E-state index in [4.69, 9.17) is 0 Å². The van der Waals surface area contributed by atoms with Gasteiger partial charge in [0.15, 0.2) is 0 Å². The smallest absolute Gasteiger partial charge is 0.251 e. The van der Waals surface area contributed by atoms with Gasteiger partial charge in [-0.25, -0.2) is 9.97 Å². The van der Waals surface area contributed by atoms with Gasteiger partial charge < -0.3 is 10.6 Å². The van der Waals surface area contributed by atoms with Crippen LogP contribution >= 0.6 is 0 Å². The van der Waals surface area contributed by atoms with E-state index in [1.807, 2.05) is 24.3 Å². The van der Waals surface area contributed by atoms with Gasteiger partial charge in [0.05, 0.1) is 0 Å². The highest BCUT2D eigenvalue weighted by Crippen LogP contribution is 2.25. The fourth-order valence-electron chi connectivity index (χ4n) is 3.20. The summed E-state index contributed by atoms with van der Waals surface area (Å²) < 4.78 is 0. The number of aromatic nitrogens is 2. The molecular weight excluding hydrogens is 300 g/mol. The second kappa shape index (κ2) is 8.43. The number of rotatable bonds is 6. The van der Waals surface area contributed by atoms with Crippen molar-refractivity contribution in [1.29, 1.82) is 0 Å². The zero-order valence-electron chi connectivity index (χ0n) is 13.9. The Morgan fingerprint density at radius 2 is 1.88 bits per heavy atom. The first-order valence-electron chi connectivity index (χ1n) is 8.73. The van der Waals surface area contributed by atoms with Crippen LogP contribution in [0.5, 0.6) is 0 Å². The first kappa shape index (κ1) is 16.4. The van der Waals surface area contributed by atoms with Crippen LogP contribution in [0.2, 0.25) is 0 Å². The van der Waals surface area contributed by atoms with Crippen molar-refractivity contribution in [2.75, 3.05) is 11.9 Å². The average Bonchev–Trinajstić information content (AvgIpc) is 2.64. The Hall–Kier alpha value is -2.43. The molecule has 0 unspecified atom stereocenters. The van der Waals surface area contributed by atoms with Gasteiger partial charge in [-0.1, -0.05) is 38.2 Å². The Bertz CT molecular complexity index is 653. The molecule has 0 spiro atoms. The van der Waals surface area contributed by atoms with Gasteiger partial charge >= 0.3 is 0 Å². The van der Waals surface area contributed by atoms with E-state index >= 15 is 0 Å². The lowest BCUT2D eigenvalue weighted by molar-refractivity contribution is 0.0950. The lowest BCUT2D eigenvalue weighted by Gasteiger charge is -2.21. The van der Waals surface area contributed by atoms with Crippen LogP contribution in [0, 0.1) is 5.92 Å². The Balaban J connectivity index is 1.52.